The molecule has 11 heavy (non-hydrogen) atoms. The minimum absolute atomic E-state index is 0.298. The Hall–Kier alpha value is -0.300. The van der Waals surface area contributed by atoms with Crippen LogP contribution in [0.3, 0.4) is 0 Å². The van der Waals surface area contributed by atoms with Crippen LogP contribution in [0.15, 0.2) is 11.6 Å². The SMILES string of the molecule is CC(C)=CC(CCO)C(C)C. The molecule has 0 heterocycles. The Kier molecular flexibility index (Phi) is 5.22. The van der Waals surface area contributed by atoms with Crippen LogP contribution in [0.4, 0.5) is 0 Å². The number of aliphatic hydroxyl groups excluding tert-OH is 1. The summed E-state index contributed by atoms with van der Waals surface area (Å²) in [4.78, 5) is 0. The minimum atomic E-state index is 0.298. The standard InChI is InChI=1S/C10H20O/c1-8(2)7-10(5-6-11)9(3)4/h7,9-11H,5-6H2,1-4H3. The van der Waals surface area contributed by atoms with Gasteiger partial charge in [0.2, 0.25) is 0 Å². The molecule has 1 unspecified atom stereocenters. The van der Waals surface area contributed by atoms with E-state index in [4.69, 9.17) is 5.11 Å². The molecule has 0 rings (SSSR count). The predicted octanol–water partition coefficient (Wildman–Crippen LogP) is 2.61. The molecule has 0 aromatic rings. The zero-order chi connectivity index (χ0) is 8.85. The monoisotopic (exact) mass is 156 g/mol. The zero-order valence-electron chi connectivity index (χ0n) is 8.09. The van der Waals surface area contributed by atoms with Crippen molar-refractivity contribution >= 4 is 0 Å². The zero-order valence-corrected chi connectivity index (χ0v) is 8.09. The molecular weight excluding hydrogens is 136 g/mol. The molecule has 0 fully saturated rings. The fourth-order valence-electron chi connectivity index (χ4n) is 1.19. The van der Waals surface area contributed by atoms with Crippen LogP contribution in [0, 0.1) is 11.8 Å². The molecule has 0 aliphatic carbocycles. The number of hydrogen-bond acceptors (Lipinski definition) is 1. The molecular formula is C10H20O. The van der Waals surface area contributed by atoms with Crippen LogP contribution in [0.1, 0.15) is 34.1 Å². The second-order valence-electron chi connectivity index (χ2n) is 3.66. The summed E-state index contributed by atoms with van der Waals surface area (Å²) in [6, 6.07) is 0. The van der Waals surface area contributed by atoms with Crippen LogP contribution >= 0.6 is 0 Å². The Morgan fingerprint density at radius 2 is 1.91 bits per heavy atom. The minimum Gasteiger partial charge on any atom is -0.396 e. The third-order valence-corrected chi connectivity index (χ3v) is 1.87. The van der Waals surface area contributed by atoms with Gasteiger partial charge in [0.25, 0.3) is 0 Å². The van der Waals surface area contributed by atoms with Gasteiger partial charge >= 0.3 is 0 Å². The average Bonchev–Trinajstić information content (AvgIpc) is 1.86. The topological polar surface area (TPSA) is 20.2 Å². The van der Waals surface area contributed by atoms with E-state index in [1.807, 2.05) is 0 Å². The van der Waals surface area contributed by atoms with Gasteiger partial charge in [-0.25, -0.2) is 0 Å². The van der Waals surface area contributed by atoms with Gasteiger partial charge in [-0.15, -0.1) is 0 Å². The van der Waals surface area contributed by atoms with Crippen molar-refractivity contribution in [2.24, 2.45) is 11.8 Å². The Morgan fingerprint density at radius 1 is 1.36 bits per heavy atom. The molecule has 1 N–H and O–H groups in total. The molecule has 0 amide bonds. The van der Waals surface area contributed by atoms with E-state index >= 15 is 0 Å². The van der Waals surface area contributed by atoms with Gasteiger partial charge in [0.1, 0.15) is 0 Å². The van der Waals surface area contributed by atoms with E-state index in [1.54, 1.807) is 0 Å². The summed E-state index contributed by atoms with van der Waals surface area (Å²) >= 11 is 0. The van der Waals surface area contributed by atoms with Crippen molar-refractivity contribution in [2.75, 3.05) is 6.61 Å². The molecule has 0 bridgehead atoms. The molecule has 0 saturated heterocycles. The molecule has 1 nitrogen and oxygen atoms in total. The second kappa shape index (κ2) is 5.36. The summed E-state index contributed by atoms with van der Waals surface area (Å²) in [5.74, 6) is 1.18. The quantitative estimate of drug-likeness (QED) is 0.620. The normalized spacial score (nSPS) is 13.3. The summed E-state index contributed by atoms with van der Waals surface area (Å²) in [6.45, 7) is 8.89. The largest absolute Gasteiger partial charge is 0.396 e. The van der Waals surface area contributed by atoms with Gasteiger partial charge in [0.05, 0.1) is 0 Å². The highest BCUT2D eigenvalue weighted by Crippen LogP contribution is 2.17. The molecule has 0 aliphatic heterocycles. The molecule has 66 valence electrons. The van der Waals surface area contributed by atoms with E-state index < -0.39 is 0 Å². The van der Waals surface area contributed by atoms with Crippen LogP contribution in [0.2, 0.25) is 0 Å². The fraction of sp³-hybridized carbons (Fsp3) is 0.800. The van der Waals surface area contributed by atoms with E-state index in [0.717, 1.165) is 6.42 Å². The van der Waals surface area contributed by atoms with E-state index in [2.05, 4.69) is 33.8 Å². The first-order chi connectivity index (χ1) is 5.07. The lowest BCUT2D eigenvalue weighted by atomic mass is 9.91. The number of hydrogen-bond donors (Lipinski definition) is 1. The first-order valence-corrected chi connectivity index (χ1v) is 4.33. The highest BCUT2D eigenvalue weighted by molar-refractivity contribution is 4.98. The van der Waals surface area contributed by atoms with Crippen LogP contribution in [-0.2, 0) is 0 Å². The summed E-state index contributed by atoms with van der Waals surface area (Å²) in [5, 5.41) is 8.77. The van der Waals surface area contributed by atoms with Crippen molar-refractivity contribution in [3.8, 4) is 0 Å². The smallest absolute Gasteiger partial charge is 0.0436 e. The maximum Gasteiger partial charge on any atom is 0.0436 e. The van der Waals surface area contributed by atoms with Gasteiger partial charge < -0.3 is 5.11 Å². The van der Waals surface area contributed by atoms with Crippen molar-refractivity contribution in [1.29, 1.82) is 0 Å². The van der Waals surface area contributed by atoms with E-state index in [9.17, 15) is 0 Å². The van der Waals surface area contributed by atoms with Gasteiger partial charge in [-0.2, -0.15) is 0 Å². The summed E-state index contributed by atoms with van der Waals surface area (Å²) in [6.07, 6.45) is 3.14. The van der Waals surface area contributed by atoms with Crippen LogP contribution in [0.25, 0.3) is 0 Å². The van der Waals surface area contributed by atoms with E-state index in [0.29, 0.717) is 18.4 Å². The predicted molar refractivity (Wildman–Crippen MR) is 49.5 cm³/mol. The van der Waals surface area contributed by atoms with Crippen molar-refractivity contribution < 1.29 is 5.11 Å². The first kappa shape index (κ1) is 10.7. The highest BCUT2D eigenvalue weighted by Gasteiger charge is 2.08. The van der Waals surface area contributed by atoms with Crippen molar-refractivity contribution in [3.63, 3.8) is 0 Å². The molecule has 1 atom stereocenters. The number of aliphatic hydroxyl groups is 1. The lowest BCUT2D eigenvalue weighted by Crippen LogP contribution is -2.07. The van der Waals surface area contributed by atoms with Crippen LogP contribution < -0.4 is 0 Å². The molecule has 0 spiro atoms. The van der Waals surface area contributed by atoms with Gasteiger partial charge in [0.15, 0.2) is 0 Å². The number of rotatable bonds is 4. The third kappa shape index (κ3) is 5.02. The summed E-state index contributed by atoms with van der Waals surface area (Å²) < 4.78 is 0. The lowest BCUT2D eigenvalue weighted by Gasteiger charge is -2.15. The number of allylic oxidation sites excluding steroid dienone is 2. The molecule has 0 aliphatic rings. The highest BCUT2D eigenvalue weighted by atomic mass is 16.3. The van der Waals surface area contributed by atoms with Gasteiger partial charge in [-0.3, -0.25) is 0 Å². The van der Waals surface area contributed by atoms with Crippen LogP contribution in [-0.4, -0.2) is 11.7 Å². The third-order valence-electron chi connectivity index (χ3n) is 1.87. The molecule has 0 radical (unpaired) electrons. The molecule has 0 aromatic heterocycles. The maximum absolute atomic E-state index is 8.77. The molecule has 0 aromatic carbocycles. The maximum atomic E-state index is 8.77. The van der Waals surface area contributed by atoms with Gasteiger partial charge in [0, 0.05) is 6.61 Å². The van der Waals surface area contributed by atoms with Crippen LogP contribution in [0.5, 0.6) is 0 Å². The second-order valence-corrected chi connectivity index (χ2v) is 3.66. The van der Waals surface area contributed by atoms with Gasteiger partial charge in [-0.05, 0) is 32.1 Å². The Bertz CT molecular complexity index is 121. The Balaban J connectivity index is 4.00. The molecule has 1 heteroatoms. The fourth-order valence-corrected chi connectivity index (χ4v) is 1.19. The Morgan fingerprint density at radius 3 is 2.18 bits per heavy atom. The molecule has 0 saturated carbocycles. The first-order valence-electron chi connectivity index (χ1n) is 4.33. The summed E-state index contributed by atoms with van der Waals surface area (Å²) in [5.41, 5.74) is 1.34. The van der Waals surface area contributed by atoms with Crippen molar-refractivity contribution in [3.05, 3.63) is 11.6 Å². The van der Waals surface area contributed by atoms with Gasteiger partial charge in [-0.1, -0.05) is 25.5 Å². The van der Waals surface area contributed by atoms with Crippen molar-refractivity contribution in [1.82, 2.24) is 0 Å². The Labute approximate surface area is 70.1 Å². The van der Waals surface area contributed by atoms with E-state index in [-0.39, 0.29) is 0 Å². The average molecular weight is 156 g/mol. The summed E-state index contributed by atoms with van der Waals surface area (Å²) in [7, 11) is 0. The van der Waals surface area contributed by atoms with Crippen molar-refractivity contribution in [2.45, 2.75) is 34.1 Å². The van der Waals surface area contributed by atoms with E-state index in [1.165, 1.54) is 5.57 Å². The lowest BCUT2D eigenvalue weighted by molar-refractivity contribution is 0.252.